The zero-order valence-corrected chi connectivity index (χ0v) is 29.2. The van der Waals surface area contributed by atoms with Gasteiger partial charge >= 0.3 is 0 Å². The Bertz CT molecular complexity index is 2100. The Labute approximate surface area is 309 Å². The fraction of sp³-hybridized carbons (Fsp3) is 0.368. The van der Waals surface area contributed by atoms with Gasteiger partial charge in [-0.3, -0.25) is 29.0 Å². The molecule has 1 N–H and O–H groups in total. The maximum absolute atomic E-state index is 15.2. The molecule has 4 fully saturated rings. The molecule has 0 aromatic heterocycles. The lowest BCUT2D eigenvalue weighted by Crippen LogP contribution is -2.60. The molecule has 8 rings (SSSR count). The number of halogens is 7. The average molecular weight is 775 g/mol. The van der Waals surface area contributed by atoms with Crippen molar-refractivity contribution in [3.05, 3.63) is 106 Å². The first-order valence-electron chi connectivity index (χ1n) is 17.1. The molecule has 6 atom stereocenters. The van der Waals surface area contributed by atoms with Gasteiger partial charge in [0.2, 0.25) is 17.6 Å². The van der Waals surface area contributed by atoms with E-state index in [-0.39, 0.29) is 22.5 Å². The molecule has 3 aromatic carbocycles. The van der Waals surface area contributed by atoms with Crippen LogP contribution in [0.5, 0.6) is 5.75 Å². The molecule has 53 heavy (non-hydrogen) atoms. The number of piperidine rings is 1. The molecule has 6 unspecified atom stereocenters. The van der Waals surface area contributed by atoms with E-state index in [2.05, 4.69) is 4.90 Å². The Hall–Kier alpha value is -4.33. The highest BCUT2D eigenvalue weighted by Gasteiger charge is 2.77. The number of rotatable bonds is 5. The van der Waals surface area contributed by atoms with Crippen LogP contribution in [0.2, 0.25) is 0 Å². The predicted octanol–water partition coefficient (Wildman–Crippen LogP) is 6.32. The summed E-state index contributed by atoms with van der Waals surface area (Å²) < 4.78 is 73.4. The summed E-state index contributed by atoms with van der Waals surface area (Å²) >= 11 is 14.3. The monoisotopic (exact) mass is 773 g/mol. The number of hydrogen-bond acceptors (Lipinski definition) is 6. The molecule has 3 heterocycles. The number of allylic oxidation sites excluding steroid dienone is 2. The van der Waals surface area contributed by atoms with Crippen LogP contribution < -0.4 is 4.90 Å². The van der Waals surface area contributed by atoms with E-state index in [1.165, 1.54) is 29.2 Å². The molecule has 0 spiro atoms. The summed E-state index contributed by atoms with van der Waals surface area (Å²) in [6, 6.07) is 15.1. The van der Waals surface area contributed by atoms with Crippen LogP contribution in [0.3, 0.4) is 0 Å². The normalized spacial score (nSPS) is 30.4. The van der Waals surface area contributed by atoms with E-state index in [9.17, 15) is 37.5 Å². The Morgan fingerprint density at radius 3 is 2.00 bits per heavy atom. The van der Waals surface area contributed by atoms with Crippen molar-refractivity contribution in [1.82, 2.24) is 9.80 Å². The fourth-order valence-electron chi connectivity index (χ4n) is 9.21. The first-order chi connectivity index (χ1) is 25.2. The van der Waals surface area contributed by atoms with Crippen molar-refractivity contribution >= 4 is 52.5 Å². The van der Waals surface area contributed by atoms with Gasteiger partial charge in [-0.2, -0.15) is 0 Å². The van der Waals surface area contributed by atoms with Gasteiger partial charge < -0.3 is 5.11 Å². The molecular formula is C38H30Cl2F5N3O5. The van der Waals surface area contributed by atoms with Crippen molar-refractivity contribution in [1.29, 1.82) is 0 Å². The van der Waals surface area contributed by atoms with Gasteiger partial charge in [0, 0.05) is 37.2 Å². The molecule has 3 aliphatic heterocycles. The van der Waals surface area contributed by atoms with Gasteiger partial charge in [-0.05, 0) is 43.2 Å². The van der Waals surface area contributed by atoms with E-state index in [0.717, 1.165) is 5.56 Å². The van der Waals surface area contributed by atoms with Crippen LogP contribution in [0.25, 0.3) is 0 Å². The third-order valence-corrected chi connectivity index (χ3v) is 13.1. The van der Waals surface area contributed by atoms with Gasteiger partial charge in [0.05, 0.1) is 11.8 Å². The minimum atomic E-state index is -2.70. The van der Waals surface area contributed by atoms with Gasteiger partial charge in [0.1, 0.15) is 11.4 Å². The van der Waals surface area contributed by atoms with E-state index in [0.29, 0.717) is 32.5 Å². The summed E-state index contributed by atoms with van der Waals surface area (Å²) in [4.78, 5) is 55.1. The summed E-state index contributed by atoms with van der Waals surface area (Å²) in [5, 5.41) is 11.1. The molecule has 4 amide bonds. The predicted molar refractivity (Wildman–Crippen MR) is 181 cm³/mol. The van der Waals surface area contributed by atoms with E-state index >= 15 is 8.78 Å². The summed E-state index contributed by atoms with van der Waals surface area (Å²) in [5.41, 5.74) is -0.486. The topological polar surface area (TPSA) is 98.2 Å². The number of phenols is 1. The Morgan fingerprint density at radius 2 is 1.36 bits per heavy atom. The first kappa shape index (κ1) is 35.7. The summed E-state index contributed by atoms with van der Waals surface area (Å²) in [5.74, 6) is -21.3. The molecule has 1 saturated carbocycles. The van der Waals surface area contributed by atoms with Crippen molar-refractivity contribution < 1.29 is 46.2 Å². The number of amides is 4. The second-order valence-electron chi connectivity index (χ2n) is 14.3. The zero-order chi connectivity index (χ0) is 37.7. The van der Waals surface area contributed by atoms with E-state index in [1.807, 2.05) is 30.3 Å². The first-order valence-corrected chi connectivity index (χ1v) is 17.9. The third kappa shape index (κ3) is 4.95. The summed E-state index contributed by atoms with van der Waals surface area (Å²) in [7, 11) is 0. The lowest BCUT2D eigenvalue weighted by Gasteiger charge is -2.50. The number of fused-ring (bicyclic) bond motifs is 4. The molecule has 2 aliphatic carbocycles. The average Bonchev–Trinajstić information content (AvgIpc) is 3.49. The van der Waals surface area contributed by atoms with Gasteiger partial charge in [-0.15, -0.1) is 23.2 Å². The minimum Gasteiger partial charge on any atom is -0.508 e. The van der Waals surface area contributed by atoms with Crippen LogP contribution in [-0.4, -0.2) is 67.4 Å². The van der Waals surface area contributed by atoms with Crippen LogP contribution in [0.4, 0.5) is 27.6 Å². The van der Waals surface area contributed by atoms with Crippen LogP contribution in [-0.2, 0) is 25.7 Å². The van der Waals surface area contributed by atoms with Gasteiger partial charge in [-0.1, -0.05) is 60.2 Å². The fourth-order valence-corrected chi connectivity index (χ4v) is 10.1. The van der Waals surface area contributed by atoms with Crippen LogP contribution in [0.1, 0.15) is 42.7 Å². The Balaban J connectivity index is 1.18. The van der Waals surface area contributed by atoms with Crippen LogP contribution >= 0.6 is 23.2 Å². The molecule has 0 bridgehead atoms. The highest BCUT2D eigenvalue weighted by Crippen LogP contribution is 2.66. The van der Waals surface area contributed by atoms with Gasteiger partial charge in [0.15, 0.2) is 33.0 Å². The molecule has 5 aliphatic rings. The van der Waals surface area contributed by atoms with Crippen molar-refractivity contribution in [2.75, 3.05) is 18.0 Å². The summed E-state index contributed by atoms with van der Waals surface area (Å²) in [6.07, 6.45) is 2.07. The van der Waals surface area contributed by atoms with E-state index < -0.39 is 110 Å². The highest BCUT2D eigenvalue weighted by molar-refractivity contribution is 6.58. The number of hydrogen-bond donors (Lipinski definition) is 1. The number of likely N-dealkylation sites (tertiary alicyclic amines) is 2. The number of imide groups is 2. The number of carbonyl (C=O) groups excluding carboxylic acids is 4. The molecular weight excluding hydrogens is 744 g/mol. The Kier molecular flexibility index (Phi) is 8.50. The number of alkyl halides is 2. The summed E-state index contributed by atoms with van der Waals surface area (Å²) in [6.45, 7) is 1.95. The SMILES string of the molecule is O=C1C2CC=C3C(CC4(Cl)C(=O)N(c5c(F)c(F)c(F)c(F)c5F)C(=O)C4(Cl)C3c3ccccc3O)C2C(=O)N1C1CCN(Cc2ccccc2)CC1. The number of aromatic hydroxyl groups is 1. The van der Waals surface area contributed by atoms with Crippen LogP contribution in [0, 0.1) is 46.8 Å². The van der Waals surface area contributed by atoms with Crippen molar-refractivity contribution in [2.24, 2.45) is 17.8 Å². The number of phenolic OH excluding ortho intramolecular Hbond substituents is 1. The zero-order valence-electron chi connectivity index (χ0n) is 27.7. The standard InChI is InChI=1S/C38H30Cl2F5N3O5/c39-37-16-23-20(10-11-22-25(23)34(51)47(33(22)50)19-12-14-46(15-13-19)17-18-6-2-1-3-7-18)26(21-8-4-5-9-24(21)49)38(37,40)36(53)48(35(37)52)32-30(44)28(42)27(41)29(43)31(32)45/h1-10,19,22-23,25-26,49H,11-17H2. The second-order valence-corrected chi connectivity index (χ2v) is 15.5. The minimum absolute atomic E-state index is 0.0280. The molecule has 3 aromatic rings. The van der Waals surface area contributed by atoms with Gasteiger partial charge in [0.25, 0.3) is 11.8 Å². The molecule has 3 saturated heterocycles. The quantitative estimate of drug-likeness (QED) is 0.0815. The van der Waals surface area contributed by atoms with Crippen molar-refractivity contribution in [3.8, 4) is 5.75 Å². The lowest BCUT2D eigenvalue weighted by atomic mass is 9.56. The van der Waals surface area contributed by atoms with Crippen molar-refractivity contribution in [2.45, 2.75) is 53.9 Å². The number of carbonyl (C=O) groups is 4. The lowest BCUT2D eigenvalue weighted by molar-refractivity contribution is -0.144. The number of benzene rings is 3. The van der Waals surface area contributed by atoms with Crippen molar-refractivity contribution in [3.63, 3.8) is 0 Å². The molecule has 15 heteroatoms. The third-order valence-electron chi connectivity index (χ3n) is 11.7. The number of anilines is 1. The maximum atomic E-state index is 15.2. The largest absolute Gasteiger partial charge is 0.508 e. The molecule has 8 nitrogen and oxygen atoms in total. The number of para-hydroxylation sites is 1. The van der Waals surface area contributed by atoms with Crippen LogP contribution in [0.15, 0.2) is 66.2 Å². The molecule has 276 valence electrons. The van der Waals surface area contributed by atoms with E-state index in [1.54, 1.807) is 6.08 Å². The second kappa shape index (κ2) is 12.6. The Morgan fingerprint density at radius 1 is 0.755 bits per heavy atom. The smallest absolute Gasteiger partial charge is 0.258 e. The molecule has 0 radical (unpaired) electrons. The highest BCUT2D eigenvalue weighted by atomic mass is 35.5. The number of nitrogens with zero attached hydrogens (tertiary/aromatic N) is 3. The van der Waals surface area contributed by atoms with Gasteiger partial charge in [-0.25, -0.2) is 26.9 Å². The maximum Gasteiger partial charge on any atom is 0.258 e. The van der Waals surface area contributed by atoms with E-state index in [4.69, 9.17) is 23.2 Å².